The Labute approximate surface area is 113 Å². The van der Waals surface area contributed by atoms with E-state index in [0.29, 0.717) is 30.0 Å². The lowest BCUT2D eigenvalue weighted by atomic mass is 10.2. The number of aromatic nitrogens is 1. The van der Waals surface area contributed by atoms with E-state index in [0.717, 1.165) is 0 Å². The fourth-order valence-corrected chi connectivity index (χ4v) is 2.20. The standard InChI is InChI=1S/C12H18N2O4S/c1-9-10(12(15)18-2)5-6-11(14-9)13-7-4-8-19(3,16)17/h5-6H,4,7-8H2,1-3H3,(H,13,14). The zero-order valence-electron chi connectivity index (χ0n) is 11.3. The summed E-state index contributed by atoms with van der Waals surface area (Å²) < 4.78 is 26.5. The number of carbonyl (C=O) groups is 1. The van der Waals surface area contributed by atoms with Gasteiger partial charge in [0.05, 0.1) is 24.1 Å². The minimum absolute atomic E-state index is 0.138. The van der Waals surface area contributed by atoms with Gasteiger partial charge in [-0.2, -0.15) is 0 Å². The summed E-state index contributed by atoms with van der Waals surface area (Å²) >= 11 is 0. The number of esters is 1. The van der Waals surface area contributed by atoms with E-state index in [1.54, 1.807) is 19.1 Å². The maximum Gasteiger partial charge on any atom is 0.339 e. The quantitative estimate of drug-likeness (QED) is 0.621. The van der Waals surface area contributed by atoms with Gasteiger partial charge < -0.3 is 10.1 Å². The van der Waals surface area contributed by atoms with Crippen LogP contribution in [0.15, 0.2) is 12.1 Å². The third kappa shape index (κ3) is 5.25. The first-order valence-corrected chi connectivity index (χ1v) is 7.87. The van der Waals surface area contributed by atoms with Gasteiger partial charge in [-0.05, 0) is 25.5 Å². The molecule has 1 rings (SSSR count). The molecule has 1 aromatic rings. The van der Waals surface area contributed by atoms with Gasteiger partial charge in [0.25, 0.3) is 0 Å². The zero-order chi connectivity index (χ0) is 14.5. The van der Waals surface area contributed by atoms with E-state index >= 15 is 0 Å². The maximum absolute atomic E-state index is 11.4. The maximum atomic E-state index is 11.4. The Morgan fingerprint density at radius 2 is 2.11 bits per heavy atom. The third-order valence-corrected chi connectivity index (χ3v) is 3.52. The van der Waals surface area contributed by atoms with Gasteiger partial charge >= 0.3 is 5.97 Å². The lowest BCUT2D eigenvalue weighted by molar-refractivity contribution is 0.0599. The van der Waals surface area contributed by atoms with Crippen molar-refractivity contribution in [3.8, 4) is 0 Å². The Bertz CT molecular complexity index is 555. The molecule has 0 saturated carbocycles. The molecule has 0 radical (unpaired) electrons. The SMILES string of the molecule is COC(=O)c1ccc(NCCCS(C)(=O)=O)nc1C. The molecule has 6 nitrogen and oxygen atoms in total. The lowest BCUT2D eigenvalue weighted by Gasteiger charge is -2.08. The van der Waals surface area contributed by atoms with Crippen LogP contribution in [0.2, 0.25) is 0 Å². The van der Waals surface area contributed by atoms with Crippen LogP contribution in [0.5, 0.6) is 0 Å². The van der Waals surface area contributed by atoms with Crippen LogP contribution in [0, 0.1) is 6.92 Å². The molecule has 1 aromatic heterocycles. The average molecular weight is 286 g/mol. The molecule has 0 amide bonds. The normalized spacial score (nSPS) is 11.1. The Balaban J connectivity index is 2.57. The minimum atomic E-state index is -2.93. The molecule has 0 bridgehead atoms. The number of pyridine rings is 1. The highest BCUT2D eigenvalue weighted by Crippen LogP contribution is 2.11. The summed E-state index contributed by atoms with van der Waals surface area (Å²) in [5.74, 6) is 0.325. The number of carbonyl (C=O) groups excluding carboxylic acids is 1. The molecule has 7 heteroatoms. The second kappa shape index (κ2) is 6.51. The van der Waals surface area contributed by atoms with Crippen molar-refractivity contribution in [2.45, 2.75) is 13.3 Å². The van der Waals surface area contributed by atoms with Gasteiger partial charge in [-0.25, -0.2) is 18.2 Å². The number of hydrogen-bond donors (Lipinski definition) is 1. The molecule has 1 heterocycles. The van der Waals surface area contributed by atoms with Crippen LogP contribution in [-0.4, -0.2) is 45.0 Å². The van der Waals surface area contributed by atoms with Crippen molar-refractivity contribution < 1.29 is 17.9 Å². The van der Waals surface area contributed by atoms with E-state index in [1.807, 2.05) is 0 Å². The smallest absolute Gasteiger partial charge is 0.339 e. The van der Waals surface area contributed by atoms with Crippen LogP contribution in [-0.2, 0) is 14.6 Å². The third-order valence-electron chi connectivity index (χ3n) is 2.49. The molecule has 0 aliphatic rings. The molecular formula is C12H18N2O4S. The molecular weight excluding hydrogens is 268 g/mol. The summed E-state index contributed by atoms with van der Waals surface area (Å²) in [6.45, 7) is 2.23. The molecule has 0 unspecified atom stereocenters. The van der Waals surface area contributed by atoms with E-state index in [4.69, 9.17) is 0 Å². The number of methoxy groups -OCH3 is 1. The summed E-state index contributed by atoms with van der Waals surface area (Å²) in [6.07, 6.45) is 1.72. The van der Waals surface area contributed by atoms with Crippen molar-refractivity contribution in [3.05, 3.63) is 23.4 Å². The van der Waals surface area contributed by atoms with Gasteiger partial charge in [-0.1, -0.05) is 0 Å². The molecule has 0 aliphatic carbocycles. The number of rotatable bonds is 6. The number of aryl methyl sites for hydroxylation is 1. The van der Waals surface area contributed by atoms with Crippen molar-refractivity contribution >= 4 is 21.6 Å². The highest BCUT2D eigenvalue weighted by atomic mass is 32.2. The van der Waals surface area contributed by atoms with Crippen molar-refractivity contribution in [2.75, 3.05) is 31.0 Å². The lowest BCUT2D eigenvalue weighted by Crippen LogP contribution is -2.11. The number of anilines is 1. The largest absolute Gasteiger partial charge is 0.465 e. The predicted octanol–water partition coefficient (Wildman–Crippen LogP) is 1.02. The van der Waals surface area contributed by atoms with Crippen LogP contribution in [0.4, 0.5) is 5.82 Å². The monoisotopic (exact) mass is 286 g/mol. The zero-order valence-corrected chi connectivity index (χ0v) is 12.1. The average Bonchev–Trinajstić information content (AvgIpc) is 2.33. The van der Waals surface area contributed by atoms with Crippen LogP contribution in [0.3, 0.4) is 0 Å². The number of ether oxygens (including phenoxy) is 1. The highest BCUT2D eigenvalue weighted by Gasteiger charge is 2.10. The Morgan fingerprint density at radius 3 is 2.63 bits per heavy atom. The topological polar surface area (TPSA) is 85.4 Å². The minimum Gasteiger partial charge on any atom is -0.465 e. The predicted molar refractivity (Wildman–Crippen MR) is 73.1 cm³/mol. The molecule has 0 aliphatic heterocycles. The summed E-state index contributed by atoms with van der Waals surface area (Å²) in [6, 6.07) is 3.30. The summed E-state index contributed by atoms with van der Waals surface area (Å²) in [7, 11) is -1.61. The van der Waals surface area contributed by atoms with E-state index in [2.05, 4.69) is 15.0 Å². The molecule has 19 heavy (non-hydrogen) atoms. The van der Waals surface area contributed by atoms with E-state index < -0.39 is 15.8 Å². The van der Waals surface area contributed by atoms with Gasteiger partial charge in [0.2, 0.25) is 0 Å². The second-order valence-electron chi connectivity index (χ2n) is 4.23. The highest BCUT2D eigenvalue weighted by molar-refractivity contribution is 7.90. The van der Waals surface area contributed by atoms with Gasteiger partial charge in [0, 0.05) is 12.8 Å². The fraction of sp³-hybridized carbons (Fsp3) is 0.500. The molecule has 0 atom stereocenters. The van der Waals surface area contributed by atoms with Crippen molar-refractivity contribution in [3.63, 3.8) is 0 Å². The van der Waals surface area contributed by atoms with E-state index in [-0.39, 0.29) is 5.75 Å². The van der Waals surface area contributed by atoms with E-state index in [1.165, 1.54) is 13.4 Å². The Kier molecular flexibility index (Phi) is 5.29. The first-order valence-electron chi connectivity index (χ1n) is 5.81. The molecule has 0 aromatic carbocycles. The van der Waals surface area contributed by atoms with Crippen LogP contribution in [0.1, 0.15) is 22.5 Å². The van der Waals surface area contributed by atoms with Gasteiger partial charge in [0.15, 0.2) is 0 Å². The Morgan fingerprint density at radius 1 is 1.42 bits per heavy atom. The summed E-state index contributed by atoms with van der Waals surface area (Å²) in [5, 5.41) is 3.01. The molecule has 1 N–H and O–H groups in total. The van der Waals surface area contributed by atoms with Gasteiger partial charge in [0.1, 0.15) is 15.7 Å². The van der Waals surface area contributed by atoms with E-state index in [9.17, 15) is 13.2 Å². The van der Waals surface area contributed by atoms with Gasteiger partial charge in [-0.3, -0.25) is 0 Å². The molecule has 0 fully saturated rings. The summed E-state index contributed by atoms with van der Waals surface area (Å²) in [5.41, 5.74) is 0.990. The first kappa shape index (κ1) is 15.4. The first-order chi connectivity index (χ1) is 8.83. The van der Waals surface area contributed by atoms with Crippen molar-refractivity contribution in [2.24, 2.45) is 0 Å². The van der Waals surface area contributed by atoms with Crippen molar-refractivity contribution in [1.29, 1.82) is 0 Å². The molecule has 0 saturated heterocycles. The summed E-state index contributed by atoms with van der Waals surface area (Å²) in [4.78, 5) is 15.6. The second-order valence-corrected chi connectivity index (χ2v) is 6.49. The molecule has 0 spiro atoms. The van der Waals surface area contributed by atoms with Crippen LogP contribution >= 0.6 is 0 Å². The number of nitrogens with zero attached hydrogens (tertiary/aromatic N) is 1. The van der Waals surface area contributed by atoms with Crippen molar-refractivity contribution in [1.82, 2.24) is 4.98 Å². The number of nitrogens with one attached hydrogen (secondary N) is 1. The van der Waals surface area contributed by atoms with Gasteiger partial charge in [-0.15, -0.1) is 0 Å². The Hall–Kier alpha value is -1.63. The number of sulfone groups is 1. The fourth-order valence-electron chi connectivity index (χ4n) is 1.54. The van der Waals surface area contributed by atoms with Crippen LogP contribution < -0.4 is 5.32 Å². The number of hydrogen-bond acceptors (Lipinski definition) is 6. The van der Waals surface area contributed by atoms with Crippen LogP contribution in [0.25, 0.3) is 0 Å². The molecule has 106 valence electrons.